The molecule has 0 heterocycles. The molecular formula is C2H8NO4P. The van der Waals surface area contributed by atoms with Crippen LogP contribution in [0.1, 0.15) is 0 Å². The van der Waals surface area contributed by atoms with Crippen molar-refractivity contribution >= 4 is 7.60 Å². The first-order valence-electron chi connectivity index (χ1n) is 1.92. The number of hydrogen-bond acceptors (Lipinski definition) is 3. The highest BCUT2D eigenvalue weighted by Gasteiger charge is 2.09. The fourth-order valence-electron chi connectivity index (χ4n) is 0.196. The van der Waals surface area contributed by atoms with Gasteiger partial charge in [-0.1, -0.05) is 0 Å². The predicted molar refractivity (Wildman–Crippen MR) is 27.1 cm³/mol. The zero-order valence-electron chi connectivity index (χ0n) is 4.11. The highest BCUT2D eigenvalue weighted by molar-refractivity contribution is 7.51. The number of hydrogen-bond donors (Lipinski definition) is 4. The zero-order chi connectivity index (χ0) is 6.62. The molecule has 0 atom stereocenters. The molecule has 0 amide bonds. The van der Waals surface area contributed by atoms with Gasteiger partial charge in [-0.3, -0.25) is 9.88 Å². The van der Waals surface area contributed by atoms with Gasteiger partial charge in [0.25, 0.3) is 0 Å². The van der Waals surface area contributed by atoms with Crippen LogP contribution in [0.3, 0.4) is 0 Å². The normalized spacial score (nSPS) is 11.9. The standard InChI is InChI=1S/C2H8NO4P/c4-1-3-2-8(5,6)7/h3-4H,1-2H2,(H2,5,6,7). The van der Waals surface area contributed by atoms with Crippen molar-refractivity contribution in [3.63, 3.8) is 0 Å². The molecule has 0 unspecified atom stereocenters. The van der Waals surface area contributed by atoms with Crippen molar-refractivity contribution in [1.29, 1.82) is 0 Å². The SMILES string of the molecule is O=P(O)(O)CNCO. The van der Waals surface area contributed by atoms with E-state index in [0.29, 0.717) is 0 Å². The highest BCUT2D eigenvalue weighted by Crippen LogP contribution is 2.31. The Morgan fingerprint density at radius 2 is 2.00 bits per heavy atom. The average Bonchev–Trinajstić information content (AvgIpc) is 1.59. The molecule has 0 radical (unpaired) electrons. The summed E-state index contributed by atoms with van der Waals surface area (Å²) in [4.78, 5) is 16.2. The largest absolute Gasteiger partial charge is 0.381 e. The van der Waals surface area contributed by atoms with Crippen molar-refractivity contribution in [2.75, 3.05) is 13.0 Å². The molecule has 6 heteroatoms. The molecular weight excluding hydrogens is 133 g/mol. The van der Waals surface area contributed by atoms with Gasteiger partial charge in [-0.15, -0.1) is 0 Å². The smallest absolute Gasteiger partial charge is 0.339 e. The maximum Gasteiger partial charge on any atom is 0.339 e. The summed E-state index contributed by atoms with van der Waals surface area (Å²) in [7, 11) is -3.95. The molecule has 4 N–H and O–H groups in total. The third-order valence-corrected chi connectivity index (χ3v) is 1.07. The second kappa shape index (κ2) is 3.17. The second-order valence-corrected chi connectivity index (χ2v) is 2.88. The van der Waals surface area contributed by atoms with Gasteiger partial charge >= 0.3 is 7.60 Å². The minimum atomic E-state index is -3.95. The molecule has 0 spiro atoms. The fraction of sp³-hybridized carbons (Fsp3) is 1.00. The molecule has 0 aromatic carbocycles. The zero-order valence-corrected chi connectivity index (χ0v) is 5.01. The summed E-state index contributed by atoms with van der Waals surface area (Å²) in [5, 5.41) is 10.1. The Kier molecular flexibility index (Phi) is 3.19. The van der Waals surface area contributed by atoms with Crippen LogP contribution in [0.2, 0.25) is 0 Å². The summed E-state index contributed by atoms with van der Waals surface area (Å²) in [6.45, 7) is -0.412. The lowest BCUT2D eigenvalue weighted by molar-refractivity contribution is 0.262. The van der Waals surface area contributed by atoms with Crippen molar-refractivity contribution in [3.8, 4) is 0 Å². The molecule has 0 aliphatic heterocycles. The van der Waals surface area contributed by atoms with Gasteiger partial charge < -0.3 is 14.9 Å². The first-order valence-corrected chi connectivity index (χ1v) is 3.72. The van der Waals surface area contributed by atoms with Gasteiger partial charge in [0.05, 0.1) is 6.73 Å². The van der Waals surface area contributed by atoms with E-state index in [0.717, 1.165) is 0 Å². The molecule has 8 heavy (non-hydrogen) atoms. The first kappa shape index (κ1) is 8.07. The first-order chi connectivity index (χ1) is 3.56. The molecule has 0 aliphatic rings. The van der Waals surface area contributed by atoms with Crippen molar-refractivity contribution < 1.29 is 19.5 Å². The molecule has 5 nitrogen and oxygen atoms in total. The topological polar surface area (TPSA) is 89.8 Å². The van der Waals surface area contributed by atoms with Crippen LogP contribution < -0.4 is 5.32 Å². The van der Waals surface area contributed by atoms with Crippen molar-refractivity contribution in [1.82, 2.24) is 5.32 Å². The number of aliphatic hydroxyl groups excluding tert-OH is 1. The Balaban J connectivity index is 3.26. The van der Waals surface area contributed by atoms with Crippen LogP contribution in [0.5, 0.6) is 0 Å². The van der Waals surface area contributed by atoms with E-state index >= 15 is 0 Å². The van der Waals surface area contributed by atoms with Crippen LogP contribution in [-0.2, 0) is 4.57 Å². The van der Waals surface area contributed by atoms with E-state index in [2.05, 4.69) is 5.32 Å². The Labute approximate surface area is 46.5 Å². The summed E-state index contributed by atoms with van der Waals surface area (Å²) in [5.41, 5.74) is 0. The van der Waals surface area contributed by atoms with Gasteiger partial charge in [0.2, 0.25) is 0 Å². The fourth-order valence-corrected chi connectivity index (χ4v) is 0.587. The van der Waals surface area contributed by atoms with Crippen LogP contribution in [0.15, 0.2) is 0 Å². The average molecular weight is 141 g/mol. The summed E-state index contributed by atoms with van der Waals surface area (Å²) in [6, 6.07) is 0. The summed E-state index contributed by atoms with van der Waals surface area (Å²) in [5.74, 6) is 0. The third kappa shape index (κ3) is 6.07. The molecule has 0 aromatic rings. The van der Waals surface area contributed by atoms with Gasteiger partial charge in [-0.25, -0.2) is 0 Å². The lowest BCUT2D eigenvalue weighted by Crippen LogP contribution is -2.15. The maximum atomic E-state index is 9.91. The molecule has 0 saturated heterocycles. The van der Waals surface area contributed by atoms with Crippen LogP contribution in [0, 0.1) is 0 Å². The predicted octanol–water partition coefficient (Wildman–Crippen LogP) is -1.34. The van der Waals surface area contributed by atoms with E-state index in [1.807, 2.05) is 0 Å². The highest BCUT2D eigenvalue weighted by atomic mass is 31.2. The van der Waals surface area contributed by atoms with Crippen LogP contribution in [-0.4, -0.2) is 27.9 Å². The molecule has 0 fully saturated rings. The monoisotopic (exact) mass is 141 g/mol. The Hall–Kier alpha value is 0.0700. The van der Waals surface area contributed by atoms with E-state index in [1.54, 1.807) is 0 Å². The van der Waals surface area contributed by atoms with E-state index in [1.165, 1.54) is 0 Å². The lowest BCUT2D eigenvalue weighted by atomic mass is 11.2. The van der Waals surface area contributed by atoms with Crippen LogP contribution >= 0.6 is 7.60 Å². The van der Waals surface area contributed by atoms with E-state index in [9.17, 15) is 4.57 Å². The Morgan fingerprint density at radius 3 is 2.12 bits per heavy atom. The molecule has 0 aromatic heterocycles. The molecule has 0 bridgehead atoms. The van der Waals surface area contributed by atoms with Crippen LogP contribution in [0.4, 0.5) is 0 Å². The molecule has 0 rings (SSSR count). The van der Waals surface area contributed by atoms with E-state index in [-0.39, 0.29) is 0 Å². The summed E-state index contributed by atoms with van der Waals surface area (Å²) >= 11 is 0. The third-order valence-electron chi connectivity index (χ3n) is 0.430. The maximum absolute atomic E-state index is 9.91. The van der Waals surface area contributed by atoms with Crippen molar-refractivity contribution in [2.24, 2.45) is 0 Å². The van der Waals surface area contributed by atoms with Gasteiger partial charge in [0, 0.05) is 0 Å². The number of aliphatic hydroxyl groups is 1. The van der Waals surface area contributed by atoms with Gasteiger partial charge in [-0.05, 0) is 0 Å². The van der Waals surface area contributed by atoms with Gasteiger partial charge in [-0.2, -0.15) is 0 Å². The molecule has 0 saturated carbocycles. The van der Waals surface area contributed by atoms with Crippen molar-refractivity contribution in [3.05, 3.63) is 0 Å². The minimum absolute atomic E-state index is 0.412. The second-order valence-electron chi connectivity index (χ2n) is 1.23. The lowest BCUT2D eigenvalue weighted by Gasteiger charge is -2.00. The minimum Gasteiger partial charge on any atom is -0.381 e. The molecule has 0 aliphatic carbocycles. The van der Waals surface area contributed by atoms with Gasteiger partial charge in [0.1, 0.15) is 6.29 Å². The van der Waals surface area contributed by atoms with Gasteiger partial charge in [0.15, 0.2) is 0 Å². The van der Waals surface area contributed by atoms with Crippen LogP contribution in [0.25, 0.3) is 0 Å². The molecule has 50 valence electrons. The van der Waals surface area contributed by atoms with E-state index in [4.69, 9.17) is 14.9 Å². The Bertz CT molecular complexity index is 98.2. The van der Waals surface area contributed by atoms with E-state index < -0.39 is 20.6 Å². The number of nitrogens with one attached hydrogen (secondary N) is 1. The Morgan fingerprint density at radius 1 is 1.50 bits per heavy atom. The number of rotatable bonds is 3. The quantitative estimate of drug-likeness (QED) is 0.288. The summed E-state index contributed by atoms with van der Waals surface area (Å²) in [6.07, 6.45) is -0.469. The van der Waals surface area contributed by atoms with Crippen molar-refractivity contribution in [2.45, 2.75) is 0 Å². The summed E-state index contributed by atoms with van der Waals surface area (Å²) < 4.78 is 9.91.